The SMILES string of the molecule is CCC(C)(Pc1ccc(C)cc1C(F)(F)F)c1cc(C)cc(C(C)(C)C)c1O. The van der Waals surface area contributed by atoms with E-state index in [1.165, 1.54) is 6.07 Å². The van der Waals surface area contributed by atoms with Crippen molar-refractivity contribution < 1.29 is 18.3 Å². The molecule has 28 heavy (non-hydrogen) atoms. The number of phenolic OH excluding ortho intramolecular Hbond substituents is 1. The van der Waals surface area contributed by atoms with Gasteiger partial charge >= 0.3 is 6.18 Å². The number of hydrogen-bond acceptors (Lipinski definition) is 1. The maximum atomic E-state index is 13.6. The minimum atomic E-state index is -4.39. The van der Waals surface area contributed by atoms with Gasteiger partial charge in [0.25, 0.3) is 0 Å². The number of hydrogen-bond donors (Lipinski definition) is 1. The predicted octanol–water partition coefficient (Wildman–Crippen LogP) is 6.95. The number of rotatable bonds is 4. The summed E-state index contributed by atoms with van der Waals surface area (Å²) in [5.74, 6) is 0.204. The Kier molecular flexibility index (Phi) is 6.26. The molecule has 1 N–H and O–H groups in total. The molecule has 0 radical (unpaired) electrons. The minimum Gasteiger partial charge on any atom is -0.507 e. The van der Waals surface area contributed by atoms with E-state index in [2.05, 4.69) is 0 Å². The molecule has 0 bridgehead atoms. The van der Waals surface area contributed by atoms with Crippen LogP contribution >= 0.6 is 8.58 Å². The average Bonchev–Trinajstić information content (AvgIpc) is 2.56. The third kappa shape index (κ3) is 4.71. The van der Waals surface area contributed by atoms with Gasteiger partial charge in [0.2, 0.25) is 0 Å². The van der Waals surface area contributed by atoms with Crippen molar-refractivity contribution in [3.05, 3.63) is 58.1 Å². The zero-order valence-corrected chi connectivity index (χ0v) is 18.7. The zero-order chi connectivity index (χ0) is 21.5. The molecule has 0 spiro atoms. The maximum Gasteiger partial charge on any atom is 0.417 e. The fraction of sp³-hybridized carbons (Fsp3) is 0.478. The van der Waals surface area contributed by atoms with Gasteiger partial charge in [-0.25, -0.2) is 0 Å². The van der Waals surface area contributed by atoms with Crippen LogP contribution in [0.3, 0.4) is 0 Å². The maximum absolute atomic E-state index is 13.6. The van der Waals surface area contributed by atoms with Gasteiger partial charge in [0.15, 0.2) is 0 Å². The Morgan fingerprint density at radius 2 is 1.39 bits per heavy atom. The minimum absolute atomic E-state index is 0.113. The molecule has 0 aliphatic rings. The number of phenols is 1. The monoisotopic (exact) mass is 410 g/mol. The Morgan fingerprint density at radius 3 is 1.89 bits per heavy atom. The van der Waals surface area contributed by atoms with Crippen molar-refractivity contribution >= 4 is 13.9 Å². The first-order chi connectivity index (χ1) is 12.7. The topological polar surface area (TPSA) is 20.2 Å². The van der Waals surface area contributed by atoms with Crippen molar-refractivity contribution in [2.24, 2.45) is 0 Å². The molecule has 2 atom stereocenters. The van der Waals surface area contributed by atoms with Gasteiger partial charge in [0.1, 0.15) is 5.75 Å². The summed E-state index contributed by atoms with van der Waals surface area (Å²) >= 11 is 0. The van der Waals surface area contributed by atoms with Crippen LogP contribution in [0.15, 0.2) is 30.3 Å². The molecule has 0 amide bonds. The molecule has 2 aromatic rings. The number of alkyl halides is 3. The van der Waals surface area contributed by atoms with E-state index < -0.39 is 16.9 Å². The first-order valence-corrected chi connectivity index (χ1v) is 10.5. The van der Waals surface area contributed by atoms with Crippen molar-refractivity contribution in [1.82, 2.24) is 0 Å². The summed E-state index contributed by atoms with van der Waals surface area (Å²) < 4.78 is 40.9. The van der Waals surface area contributed by atoms with E-state index in [4.69, 9.17) is 0 Å². The van der Waals surface area contributed by atoms with Crippen LogP contribution in [0, 0.1) is 13.8 Å². The zero-order valence-electron chi connectivity index (χ0n) is 17.7. The van der Waals surface area contributed by atoms with Crippen LogP contribution in [0.5, 0.6) is 5.75 Å². The standard InChI is InChI=1S/C23H30F3OP/c1-8-22(7,18-13-15(3)12-17(20(18)27)21(4,5)6)28-19-10-9-14(2)11-16(19)23(24,25)26/h9-13,27-28H,8H2,1-7H3. The summed E-state index contributed by atoms with van der Waals surface area (Å²) in [6, 6.07) is 8.41. The van der Waals surface area contributed by atoms with Gasteiger partial charge in [0, 0.05) is 10.7 Å². The summed E-state index contributed by atoms with van der Waals surface area (Å²) in [5.41, 5.74) is 2.31. The predicted molar refractivity (Wildman–Crippen MR) is 113 cm³/mol. The van der Waals surface area contributed by atoms with Gasteiger partial charge in [-0.3, -0.25) is 0 Å². The lowest BCUT2D eigenvalue weighted by Crippen LogP contribution is -2.24. The second-order valence-corrected chi connectivity index (χ2v) is 10.7. The van der Waals surface area contributed by atoms with Crippen LogP contribution in [0.1, 0.15) is 68.9 Å². The lowest BCUT2D eigenvalue weighted by Gasteiger charge is -2.33. The first kappa shape index (κ1) is 22.7. The molecule has 0 aromatic heterocycles. The summed E-state index contributed by atoms with van der Waals surface area (Å²) in [7, 11) is -0.113. The Balaban J connectivity index is 2.64. The lowest BCUT2D eigenvalue weighted by molar-refractivity contribution is -0.136. The van der Waals surface area contributed by atoms with Gasteiger partial charge in [0.05, 0.1) is 5.56 Å². The molecule has 2 rings (SSSR count). The molecule has 0 aliphatic carbocycles. The molecule has 0 heterocycles. The van der Waals surface area contributed by atoms with Crippen LogP contribution in [0.2, 0.25) is 0 Å². The number of halogens is 3. The van der Waals surface area contributed by atoms with Gasteiger partial charge in [-0.15, -0.1) is 0 Å². The second kappa shape index (κ2) is 7.71. The Morgan fingerprint density at radius 1 is 0.857 bits per heavy atom. The average molecular weight is 410 g/mol. The summed E-state index contributed by atoms with van der Waals surface area (Å²) in [5, 5.41) is 10.7. The molecule has 1 nitrogen and oxygen atoms in total. The molecule has 5 heteroatoms. The summed E-state index contributed by atoms with van der Waals surface area (Å²) in [6.07, 6.45) is -3.77. The molecule has 2 unspecified atom stereocenters. The van der Waals surface area contributed by atoms with E-state index in [-0.39, 0.29) is 19.7 Å². The van der Waals surface area contributed by atoms with Gasteiger partial charge in [-0.1, -0.05) is 78.6 Å². The molecular formula is C23H30F3OP. The summed E-state index contributed by atoms with van der Waals surface area (Å²) in [4.78, 5) is 0. The van der Waals surface area contributed by atoms with Gasteiger partial charge < -0.3 is 5.11 Å². The van der Waals surface area contributed by atoms with E-state index >= 15 is 0 Å². The number of aromatic hydroxyl groups is 1. The normalized spacial score (nSPS) is 15.2. The lowest BCUT2D eigenvalue weighted by atomic mass is 9.82. The largest absolute Gasteiger partial charge is 0.507 e. The van der Waals surface area contributed by atoms with Gasteiger partial charge in [-0.05, 0) is 42.6 Å². The number of aryl methyl sites for hydroxylation is 2. The van der Waals surface area contributed by atoms with Crippen molar-refractivity contribution in [2.45, 2.75) is 71.6 Å². The quantitative estimate of drug-likeness (QED) is 0.541. The smallest absolute Gasteiger partial charge is 0.417 e. The third-order valence-electron chi connectivity index (χ3n) is 5.25. The molecule has 2 aromatic carbocycles. The molecule has 154 valence electrons. The molecular weight excluding hydrogens is 380 g/mol. The van der Waals surface area contributed by atoms with E-state index in [9.17, 15) is 18.3 Å². The molecule has 0 fully saturated rings. The van der Waals surface area contributed by atoms with Crippen LogP contribution in [0.25, 0.3) is 0 Å². The van der Waals surface area contributed by atoms with Gasteiger partial charge in [-0.2, -0.15) is 13.2 Å². The Hall–Kier alpha value is -1.54. The highest BCUT2D eigenvalue weighted by atomic mass is 31.1. The van der Waals surface area contributed by atoms with Crippen LogP contribution in [0.4, 0.5) is 13.2 Å². The van der Waals surface area contributed by atoms with Crippen molar-refractivity contribution in [2.75, 3.05) is 0 Å². The van der Waals surface area contributed by atoms with E-state index in [0.717, 1.165) is 16.7 Å². The third-order valence-corrected chi connectivity index (χ3v) is 7.13. The fourth-order valence-corrected chi connectivity index (χ4v) is 5.03. The van der Waals surface area contributed by atoms with Crippen LogP contribution < -0.4 is 5.30 Å². The number of benzene rings is 2. The van der Waals surface area contributed by atoms with Crippen molar-refractivity contribution in [1.29, 1.82) is 0 Å². The highest BCUT2D eigenvalue weighted by Gasteiger charge is 2.37. The van der Waals surface area contributed by atoms with E-state index in [1.54, 1.807) is 19.1 Å². The van der Waals surface area contributed by atoms with E-state index in [1.807, 2.05) is 53.7 Å². The van der Waals surface area contributed by atoms with Crippen LogP contribution in [-0.2, 0) is 16.7 Å². The second-order valence-electron chi connectivity index (χ2n) is 8.82. The van der Waals surface area contributed by atoms with Crippen molar-refractivity contribution in [3.63, 3.8) is 0 Å². The Bertz CT molecular complexity index is 865. The Labute approximate surface area is 168 Å². The molecule has 0 saturated heterocycles. The van der Waals surface area contributed by atoms with Crippen molar-refractivity contribution in [3.8, 4) is 5.75 Å². The highest BCUT2D eigenvalue weighted by Crippen LogP contribution is 2.50. The molecule has 0 aliphatic heterocycles. The first-order valence-electron chi connectivity index (χ1n) is 9.49. The van der Waals surface area contributed by atoms with Crippen LogP contribution in [-0.4, -0.2) is 5.11 Å². The molecule has 0 saturated carbocycles. The highest BCUT2D eigenvalue weighted by molar-refractivity contribution is 7.48. The fourth-order valence-electron chi connectivity index (χ4n) is 3.42. The summed E-state index contributed by atoms with van der Waals surface area (Å²) in [6.45, 7) is 13.6. The van der Waals surface area contributed by atoms with E-state index in [0.29, 0.717) is 17.3 Å².